The number of allylic oxidation sites excluding steroid dienone is 1. The van der Waals surface area contributed by atoms with Gasteiger partial charge in [0.15, 0.2) is 0 Å². The van der Waals surface area contributed by atoms with Gasteiger partial charge in [0, 0.05) is 0 Å². The summed E-state index contributed by atoms with van der Waals surface area (Å²) in [5, 5.41) is 5.72. The van der Waals surface area contributed by atoms with E-state index in [1.165, 1.54) is 105 Å². The van der Waals surface area contributed by atoms with Gasteiger partial charge in [0.1, 0.15) is 0 Å². The van der Waals surface area contributed by atoms with Crippen LogP contribution in [0.3, 0.4) is 0 Å². The van der Waals surface area contributed by atoms with Crippen LogP contribution >= 0.6 is 0 Å². The van der Waals surface area contributed by atoms with E-state index in [4.69, 9.17) is 0 Å². The fourth-order valence-corrected chi connectivity index (χ4v) is 9.30. The largest absolute Gasteiger partial charge is 4.00 e. The van der Waals surface area contributed by atoms with Crippen molar-refractivity contribution in [3.8, 4) is 22.3 Å². The number of rotatable bonds is 6. The van der Waals surface area contributed by atoms with Gasteiger partial charge < -0.3 is 21.8 Å². The summed E-state index contributed by atoms with van der Waals surface area (Å²) in [5.74, 6) is 0.429. The quantitative estimate of drug-likeness (QED) is 0.119. The van der Waals surface area contributed by atoms with E-state index < -0.39 is 0 Å². The van der Waals surface area contributed by atoms with E-state index in [0.29, 0.717) is 15.4 Å². The number of benzene rings is 4. The first-order valence-corrected chi connectivity index (χ1v) is 17.2. The molecule has 0 saturated heterocycles. The molecule has 0 amide bonds. The Labute approximate surface area is 308 Å². The van der Waals surface area contributed by atoms with Gasteiger partial charge in [-0.2, -0.15) is 12.5 Å². The fourth-order valence-electron chi connectivity index (χ4n) is 7.83. The molecule has 0 heterocycles. The molecule has 2 heteroatoms. The third-order valence-corrected chi connectivity index (χ3v) is 12.6. The van der Waals surface area contributed by atoms with Crippen LogP contribution in [0.15, 0.2) is 53.7 Å². The van der Waals surface area contributed by atoms with Crippen LogP contribution in [0, 0.1) is 91.0 Å². The molecular formula is C45H52HfSi. The zero-order valence-electron chi connectivity index (χ0n) is 30.9. The molecule has 0 spiro atoms. The number of hydrogen-bond donors (Lipinski definition) is 0. The van der Waals surface area contributed by atoms with Crippen LogP contribution in [0.25, 0.3) is 39.1 Å². The monoisotopic (exact) mass is 800 g/mol. The van der Waals surface area contributed by atoms with Crippen molar-refractivity contribution in [2.24, 2.45) is 0 Å². The SMILES string of the molecule is [CH2-]CCC1C([Si]c2cc3c(-c4c(C)c(C)c(C)c(C)c4C)cccc3[cH-]2)=Cc2c(-c3c(C)c(C)c(C)c(C)c3C)cccc21.[CH3-].[CH3-].[Hf+4]. The number of hydrogen-bond acceptors (Lipinski definition) is 0. The first-order chi connectivity index (χ1) is 21.0. The third-order valence-electron chi connectivity index (χ3n) is 11.3. The summed E-state index contributed by atoms with van der Waals surface area (Å²) in [6.45, 7) is 27.2. The maximum Gasteiger partial charge on any atom is 4.00 e. The molecule has 240 valence electrons. The molecule has 5 aromatic carbocycles. The third kappa shape index (κ3) is 6.30. The molecule has 0 fully saturated rings. The summed E-state index contributed by atoms with van der Waals surface area (Å²) in [5.41, 5.74) is 22.7. The summed E-state index contributed by atoms with van der Waals surface area (Å²) in [6, 6.07) is 18.8. The van der Waals surface area contributed by atoms with E-state index in [0.717, 1.165) is 12.8 Å². The minimum Gasteiger partial charge on any atom is -0.358 e. The Balaban J connectivity index is 0.00000200. The summed E-state index contributed by atoms with van der Waals surface area (Å²) >= 11 is 0. The van der Waals surface area contributed by atoms with Crippen molar-refractivity contribution in [2.75, 3.05) is 0 Å². The summed E-state index contributed by atoms with van der Waals surface area (Å²) in [6.07, 6.45) is 4.58. The van der Waals surface area contributed by atoms with E-state index in [9.17, 15) is 0 Å². The molecule has 0 aromatic heterocycles. The Morgan fingerprint density at radius 2 is 1.11 bits per heavy atom. The second-order valence-corrected chi connectivity index (χ2v) is 14.7. The van der Waals surface area contributed by atoms with Gasteiger partial charge in [0.25, 0.3) is 0 Å². The van der Waals surface area contributed by atoms with Gasteiger partial charge in [0.2, 0.25) is 0 Å². The Morgan fingerprint density at radius 1 is 0.638 bits per heavy atom. The molecule has 0 saturated carbocycles. The minimum atomic E-state index is 0. The molecule has 1 atom stereocenters. The first kappa shape index (κ1) is 38.8. The van der Waals surface area contributed by atoms with Crippen molar-refractivity contribution in [1.82, 2.24) is 0 Å². The molecule has 5 aromatic rings. The van der Waals surface area contributed by atoms with Crippen LogP contribution < -0.4 is 5.19 Å². The van der Waals surface area contributed by atoms with Crippen LogP contribution in [-0.4, -0.2) is 9.52 Å². The standard InChI is InChI=1S/C43H46Si.2CH3.Hf/c1-12-15-36-35-17-14-19-38(43-31(10)27(6)24(3)28(7)32(43)11)40(35)22-41(36)44-34-20-33-16-13-18-37(39(33)21-34)42-29(8)25(4)23(2)26(5)30(42)9;;;/h13-14,16-22,36H,1,12,15H2,2-11H3;2*1H3;/q-2;2*-1;+4. The maximum absolute atomic E-state index is 4.30. The molecule has 0 bridgehead atoms. The fraction of sp³-hybridized carbons (Fsp3) is 0.289. The van der Waals surface area contributed by atoms with Gasteiger partial charge in [0.05, 0.1) is 9.52 Å². The Hall–Kier alpha value is -2.68. The van der Waals surface area contributed by atoms with Crippen molar-refractivity contribution < 1.29 is 25.8 Å². The van der Waals surface area contributed by atoms with E-state index in [2.05, 4.69) is 131 Å². The normalized spacial score (nSPS) is 13.5. The van der Waals surface area contributed by atoms with Crippen LogP contribution in [0.5, 0.6) is 0 Å². The Bertz CT molecular complexity index is 1940. The van der Waals surface area contributed by atoms with Crippen molar-refractivity contribution >= 4 is 31.6 Å². The molecule has 0 N–H and O–H groups in total. The van der Waals surface area contributed by atoms with Crippen LogP contribution in [0.4, 0.5) is 0 Å². The van der Waals surface area contributed by atoms with E-state index >= 15 is 0 Å². The van der Waals surface area contributed by atoms with E-state index in [1.807, 2.05) is 0 Å². The van der Waals surface area contributed by atoms with Gasteiger partial charge >= 0.3 is 25.8 Å². The van der Waals surface area contributed by atoms with Gasteiger partial charge in [-0.15, -0.1) is 34.2 Å². The van der Waals surface area contributed by atoms with Gasteiger partial charge in [-0.25, -0.2) is 0 Å². The summed E-state index contributed by atoms with van der Waals surface area (Å²) < 4.78 is 0. The summed E-state index contributed by atoms with van der Waals surface area (Å²) in [7, 11) is 0.645. The zero-order chi connectivity index (χ0) is 31.6. The molecule has 6 rings (SSSR count). The summed E-state index contributed by atoms with van der Waals surface area (Å²) in [4.78, 5) is 0. The predicted octanol–water partition coefficient (Wildman–Crippen LogP) is 12.0. The van der Waals surface area contributed by atoms with Crippen molar-refractivity contribution in [2.45, 2.75) is 88.0 Å². The minimum absolute atomic E-state index is 0. The van der Waals surface area contributed by atoms with Crippen molar-refractivity contribution in [3.63, 3.8) is 0 Å². The molecular weight excluding hydrogens is 747 g/mol. The average molecular weight is 799 g/mol. The molecule has 2 radical (unpaired) electrons. The van der Waals surface area contributed by atoms with Gasteiger partial charge in [-0.3, -0.25) is 0 Å². The predicted molar refractivity (Wildman–Crippen MR) is 208 cm³/mol. The van der Waals surface area contributed by atoms with E-state index in [1.54, 1.807) is 5.20 Å². The van der Waals surface area contributed by atoms with Crippen LogP contribution in [-0.2, 0) is 25.8 Å². The molecule has 0 aliphatic heterocycles. The Kier molecular flexibility index (Phi) is 12.2. The number of fused-ring (bicyclic) bond motifs is 2. The van der Waals surface area contributed by atoms with Gasteiger partial charge in [-0.1, -0.05) is 47.5 Å². The van der Waals surface area contributed by atoms with Gasteiger partial charge in [-0.05, 0) is 159 Å². The smallest absolute Gasteiger partial charge is 0.358 e. The first-order valence-electron chi connectivity index (χ1n) is 16.2. The second-order valence-electron chi connectivity index (χ2n) is 13.3. The van der Waals surface area contributed by atoms with Crippen molar-refractivity contribution in [3.05, 3.63) is 142 Å². The topological polar surface area (TPSA) is 0 Å². The Morgan fingerprint density at radius 3 is 1.64 bits per heavy atom. The van der Waals surface area contributed by atoms with E-state index in [-0.39, 0.29) is 40.7 Å². The van der Waals surface area contributed by atoms with Crippen LogP contribution in [0.2, 0.25) is 0 Å². The molecule has 1 unspecified atom stereocenters. The molecule has 1 aliphatic rings. The maximum atomic E-state index is 4.30. The zero-order valence-corrected chi connectivity index (χ0v) is 35.5. The van der Waals surface area contributed by atoms with Crippen molar-refractivity contribution in [1.29, 1.82) is 0 Å². The second kappa shape index (κ2) is 14.8. The molecule has 0 nitrogen and oxygen atoms in total. The molecule has 1 aliphatic carbocycles. The average Bonchev–Trinajstić information content (AvgIpc) is 3.59. The van der Waals surface area contributed by atoms with Crippen LogP contribution in [0.1, 0.15) is 85.5 Å². The molecule has 47 heavy (non-hydrogen) atoms.